The fraction of sp³-hybridized carbons (Fsp3) is 0.444. The highest BCUT2D eigenvalue weighted by Gasteiger charge is 2.26. The first-order valence-corrected chi connectivity index (χ1v) is 12.5. The van der Waals surface area contributed by atoms with Gasteiger partial charge in [-0.1, -0.05) is 24.6 Å². The Morgan fingerprint density at radius 1 is 0.886 bits per heavy atom. The molecule has 0 saturated carbocycles. The van der Waals surface area contributed by atoms with Gasteiger partial charge in [-0.05, 0) is 74.2 Å². The van der Waals surface area contributed by atoms with Crippen LogP contribution in [0, 0.1) is 0 Å². The third kappa shape index (κ3) is 6.39. The van der Waals surface area contributed by atoms with Crippen molar-refractivity contribution in [2.75, 3.05) is 48.8 Å². The van der Waals surface area contributed by atoms with Crippen LogP contribution in [0.2, 0.25) is 0 Å². The summed E-state index contributed by atoms with van der Waals surface area (Å²) in [5.74, 6) is -1.60. The Hall–Kier alpha value is -3.39. The summed E-state index contributed by atoms with van der Waals surface area (Å²) < 4.78 is 0. The van der Waals surface area contributed by atoms with Gasteiger partial charge in [0.1, 0.15) is 0 Å². The number of aryl methyl sites for hydroxylation is 1. The predicted octanol–water partition coefficient (Wildman–Crippen LogP) is 3.31. The Balaban J connectivity index is 1.43. The molecule has 35 heavy (non-hydrogen) atoms. The van der Waals surface area contributed by atoms with Crippen LogP contribution in [-0.4, -0.2) is 55.8 Å². The van der Waals surface area contributed by atoms with Gasteiger partial charge >= 0.3 is 11.8 Å². The van der Waals surface area contributed by atoms with Crippen molar-refractivity contribution in [3.05, 3.63) is 53.6 Å². The maximum Gasteiger partial charge on any atom is 0.313 e. The lowest BCUT2D eigenvalue weighted by Gasteiger charge is -2.36. The SMILES string of the molecule is CC(=O)Nc1cccc(NC(=O)C(=O)NC[C@@H](c2ccc3c(c2)CCCN3C)N2CCCCC2)c1. The van der Waals surface area contributed by atoms with Crippen LogP contribution < -0.4 is 20.9 Å². The summed E-state index contributed by atoms with van der Waals surface area (Å²) >= 11 is 0. The van der Waals surface area contributed by atoms with Crippen molar-refractivity contribution < 1.29 is 14.4 Å². The van der Waals surface area contributed by atoms with E-state index >= 15 is 0 Å². The van der Waals surface area contributed by atoms with Crippen molar-refractivity contribution in [3.63, 3.8) is 0 Å². The second kappa shape index (κ2) is 11.4. The van der Waals surface area contributed by atoms with Gasteiger partial charge in [0, 0.05) is 44.1 Å². The Labute approximate surface area is 207 Å². The Morgan fingerprint density at radius 3 is 2.37 bits per heavy atom. The average Bonchev–Trinajstić information content (AvgIpc) is 2.84. The van der Waals surface area contributed by atoms with Crippen LogP contribution in [0.4, 0.5) is 17.1 Å². The van der Waals surface area contributed by atoms with E-state index in [9.17, 15) is 14.4 Å². The third-order valence-electron chi connectivity index (χ3n) is 6.77. The van der Waals surface area contributed by atoms with Gasteiger partial charge in [0.15, 0.2) is 0 Å². The van der Waals surface area contributed by atoms with Gasteiger partial charge in [0.2, 0.25) is 5.91 Å². The van der Waals surface area contributed by atoms with Crippen LogP contribution in [0.5, 0.6) is 0 Å². The minimum absolute atomic E-state index is 0.0210. The number of carbonyl (C=O) groups is 3. The first-order valence-electron chi connectivity index (χ1n) is 12.5. The standard InChI is InChI=1S/C27H35N5O3/c1-19(33)29-22-9-6-10-23(17-22)30-27(35)26(34)28-18-25(32-14-4-3-5-15-32)21-11-12-24-20(16-21)8-7-13-31(24)2/h6,9-12,16-17,25H,3-5,7-8,13-15,18H2,1-2H3,(H,28,34)(H,29,33)(H,30,35)/t25-/m0/s1. The summed E-state index contributed by atoms with van der Waals surface area (Å²) in [6, 6.07) is 13.4. The quantitative estimate of drug-likeness (QED) is 0.555. The number of likely N-dealkylation sites (tertiary alicyclic amines) is 1. The first-order chi connectivity index (χ1) is 16.9. The third-order valence-corrected chi connectivity index (χ3v) is 6.77. The summed E-state index contributed by atoms with van der Waals surface area (Å²) in [7, 11) is 2.13. The number of hydrogen-bond donors (Lipinski definition) is 3. The van der Waals surface area contributed by atoms with Crippen molar-refractivity contribution in [2.24, 2.45) is 0 Å². The average molecular weight is 478 g/mol. The molecule has 0 aromatic heterocycles. The van der Waals surface area contributed by atoms with Crippen molar-refractivity contribution >= 4 is 34.8 Å². The number of anilines is 3. The van der Waals surface area contributed by atoms with Crippen LogP contribution in [-0.2, 0) is 20.8 Å². The van der Waals surface area contributed by atoms with E-state index < -0.39 is 11.8 Å². The van der Waals surface area contributed by atoms with E-state index in [-0.39, 0.29) is 11.9 Å². The highest BCUT2D eigenvalue weighted by Crippen LogP contribution is 2.31. The molecular weight excluding hydrogens is 442 g/mol. The minimum Gasteiger partial charge on any atom is -0.374 e. The molecule has 4 rings (SSSR count). The van der Waals surface area contributed by atoms with Crippen molar-refractivity contribution in [1.82, 2.24) is 10.2 Å². The number of fused-ring (bicyclic) bond motifs is 1. The second-order valence-corrected chi connectivity index (χ2v) is 9.45. The highest BCUT2D eigenvalue weighted by molar-refractivity contribution is 6.39. The molecular formula is C27H35N5O3. The fourth-order valence-corrected chi connectivity index (χ4v) is 5.04. The molecule has 8 heteroatoms. The molecule has 3 N–H and O–H groups in total. The smallest absolute Gasteiger partial charge is 0.313 e. The molecule has 0 radical (unpaired) electrons. The zero-order chi connectivity index (χ0) is 24.8. The zero-order valence-corrected chi connectivity index (χ0v) is 20.6. The van der Waals surface area contributed by atoms with Crippen molar-refractivity contribution in [3.8, 4) is 0 Å². The molecule has 1 atom stereocenters. The molecule has 2 aliphatic rings. The van der Waals surface area contributed by atoms with E-state index in [2.05, 4.69) is 51.0 Å². The normalized spacial score (nSPS) is 16.7. The molecule has 0 aliphatic carbocycles. The summed E-state index contributed by atoms with van der Waals surface area (Å²) in [6.45, 7) is 4.82. The molecule has 1 fully saturated rings. The lowest BCUT2D eigenvalue weighted by Crippen LogP contribution is -2.43. The second-order valence-electron chi connectivity index (χ2n) is 9.45. The predicted molar refractivity (Wildman–Crippen MR) is 139 cm³/mol. The number of amides is 3. The summed E-state index contributed by atoms with van der Waals surface area (Å²) in [6.07, 6.45) is 5.71. The molecule has 1 saturated heterocycles. The molecule has 0 bridgehead atoms. The number of nitrogens with one attached hydrogen (secondary N) is 3. The zero-order valence-electron chi connectivity index (χ0n) is 20.6. The Bertz CT molecular complexity index is 1080. The van der Waals surface area contributed by atoms with Gasteiger partial charge in [0.05, 0.1) is 6.04 Å². The largest absolute Gasteiger partial charge is 0.374 e. The van der Waals surface area contributed by atoms with Crippen LogP contribution >= 0.6 is 0 Å². The number of nitrogens with zero attached hydrogens (tertiary/aromatic N) is 2. The number of carbonyl (C=O) groups excluding carboxylic acids is 3. The van der Waals surface area contributed by atoms with E-state index in [1.54, 1.807) is 24.3 Å². The summed E-state index contributed by atoms with van der Waals surface area (Å²) in [5, 5.41) is 8.15. The number of hydrogen-bond acceptors (Lipinski definition) is 5. The van der Waals surface area contributed by atoms with Crippen molar-refractivity contribution in [1.29, 1.82) is 0 Å². The van der Waals surface area contributed by atoms with E-state index in [0.29, 0.717) is 17.9 Å². The molecule has 186 valence electrons. The topological polar surface area (TPSA) is 93.8 Å². The number of rotatable bonds is 6. The van der Waals surface area contributed by atoms with Gasteiger partial charge in [-0.15, -0.1) is 0 Å². The van der Waals surface area contributed by atoms with Gasteiger partial charge in [0.25, 0.3) is 0 Å². The van der Waals surface area contributed by atoms with E-state index in [4.69, 9.17) is 0 Å². The van der Waals surface area contributed by atoms with Gasteiger partial charge in [-0.3, -0.25) is 19.3 Å². The van der Waals surface area contributed by atoms with Crippen LogP contribution in [0.3, 0.4) is 0 Å². The molecule has 3 amide bonds. The molecule has 2 aliphatic heterocycles. The molecule has 0 unspecified atom stereocenters. The lowest BCUT2D eigenvalue weighted by molar-refractivity contribution is -0.136. The number of piperidine rings is 1. The maximum atomic E-state index is 12.7. The first kappa shape index (κ1) is 24.7. The fourth-order valence-electron chi connectivity index (χ4n) is 5.04. The Morgan fingerprint density at radius 2 is 1.63 bits per heavy atom. The highest BCUT2D eigenvalue weighted by atomic mass is 16.2. The van der Waals surface area contributed by atoms with Crippen LogP contribution in [0.15, 0.2) is 42.5 Å². The monoisotopic (exact) mass is 477 g/mol. The van der Waals surface area contributed by atoms with Crippen molar-refractivity contribution in [2.45, 2.75) is 45.1 Å². The lowest BCUT2D eigenvalue weighted by atomic mass is 9.95. The van der Waals surface area contributed by atoms with E-state index in [1.165, 1.54) is 30.2 Å². The molecule has 8 nitrogen and oxygen atoms in total. The summed E-state index contributed by atoms with van der Waals surface area (Å²) in [4.78, 5) is 41.3. The van der Waals surface area contributed by atoms with Gasteiger partial charge in [-0.25, -0.2) is 0 Å². The number of benzene rings is 2. The minimum atomic E-state index is -0.727. The maximum absolute atomic E-state index is 12.7. The van der Waals surface area contributed by atoms with Gasteiger partial charge in [-0.2, -0.15) is 0 Å². The van der Waals surface area contributed by atoms with Crippen LogP contribution in [0.25, 0.3) is 0 Å². The van der Waals surface area contributed by atoms with Crippen LogP contribution in [0.1, 0.15) is 49.8 Å². The molecule has 2 aromatic rings. The molecule has 2 heterocycles. The Kier molecular flexibility index (Phi) is 8.02. The van der Waals surface area contributed by atoms with E-state index in [1.807, 2.05) is 0 Å². The van der Waals surface area contributed by atoms with E-state index in [0.717, 1.165) is 45.3 Å². The molecule has 2 aromatic carbocycles. The van der Waals surface area contributed by atoms with Gasteiger partial charge < -0.3 is 20.9 Å². The summed E-state index contributed by atoms with van der Waals surface area (Å²) in [5.41, 5.74) is 4.81. The molecule has 0 spiro atoms.